The fraction of sp³-hybridized carbons (Fsp3) is 0.533. The van der Waals surface area contributed by atoms with Crippen molar-refractivity contribution in [3.63, 3.8) is 0 Å². The number of carbonyl (C=O) groups is 1. The fourth-order valence-electron chi connectivity index (χ4n) is 1.96. The molecule has 118 valence electrons. The Morgan fingerprint density at radius 1 is 1.29 bits per heavy atom. The van der Waals surface area contributed by atoms with Crippen LogP contribution in [0.5, 0.6) is 0 Å². The zero-order valence-corrected chi connectivity index (χ0v) is 13.3. The number of nitrogens with one attached hydrogen (secondary N) is 2. The Morgan fingerprint density at radius 2 is 1.95 bits per heavy atom. The van der Waals surface area contributed by atoms with Crippen molar-refractivity contribution in [3.8, 4) is 0 Å². The SMILES string of the molecule is CCCC(C)NC(=O)C(C)Nc1ccccc1SC(F)F. The molecule has 1 aromatic rings. The third-order valence-corrected chi connectivity index (χ3v) is 3.77. The summed E-state index contributed by atoms with van der Waals surface area (Å²) in [6.45, 7) is 5.73. The summed E-state index contributed by atoms with van der Waals surface area (Å²) in [5.41, 5.74) is 0.550. The number of benzene rings is 1. The number of thioether (sulfide) groups is 1. The number of halogens is 2. The van der Waals surface area contributed by atoms with Gasteiger partial charge in [0, 0.05) is 16.6 Å². The summed E-state index contributed by atoms with van der Waals surface area (Å²) in [7, 11) is 0. The van der Waals surface area contributed by atoms with Gasteiger partial charge in [-0.3, -0.25) is 4.79 Å². The summed E-state index contributed by atoms with van der Waals surface area (Å²) in [5, 5.41) is 5.90. The van der Waals surface area contributed by atoms with Gasteiger partial charge in [0.1, 0.15) is 6.04 Å². The number of amides is 1. The van der Waals surface area contributed by atoms with Crippen molar-refractivity contribution < 1.29 is 13.6 Å². The first-order valence-electron chi connectivity index (χ1n) is 7.04. The lowest BCUT2D eigenvalue weighted by atomic mass is 10.2. The molecule has 6 heteroatoms. The molecule has 2 N–H and O–H groups in total. The normalized spacial score (nSPS) is 13.8. The molecule has 0 saturated carbocycles. The Hall–Kier alpha value is -1.30. The highest BCUT2D eigenvalue weighted by molar-refractivity contribution is 7.99. The fourth-order valence-corrected chi connectivity index (χ4v) is 2.56. The van der Waals surface area contributed by atoms with Crippen LogP contribution in [0.3, 0.4) is 0 Å². The van der Waals surface area contributed by atoms with Crippen molar-refractivity contribution in [2.45, 2.75) is 56.3 Å². The van der Waals surface area contributed by atoms with E-state index in [0.29, 0.717) is 22.3 Å². The van der Waals surface area contributed by atoms with E-state index in [-0.39, 0.29) is 11.9 Å². The molecule has 1 aromatic carbocycles. The number of hydrogen-bond acceptors (Lipinski definition) is 3. The lowest BCUT2D eigenvalue weighted by Gasteiger charge is -2.20. The number of hydrogen-bond donors (Lipinski definition) is 2. The van der Waals surface area contributed by atoms with Gasteiger partial charge in [-0.2, -0.15) is 8.78 Å². The van der Waals surface area contributed by atoms with E-state index in [1.165, 1.54) is 0 Å². The molecule has 0 saturated heterocycles. The van der Waals surface area contributed by atoms with Crippen LogP contribution in [0.25, 0.3) is 0 Å². The minimum Gasteiger partial charge on any atom is -0.373 e. The van der Waals surface area contributed by atoms with E-state index in [1.807, 2.05) is 6.92 Å². The molecule has 0 spiro atoms. The summed E-state index contributed by atoms with van der Waals surface area (Å²) >= 11 is 0.473. The van der Waals surface area contributed by atoms with Crippen LogP contribution >= 0.6 is 11.8 Å². The largest absolute Gasteiger partial charge is 0.373 e. The first kappa shape index (κ1) is 17.8. The van der Waals surface area contributed by atoms with E-state index in [1.54, 1.807) is 31.2 Å². The van der Waals surface area contributed by atoms with Gasteiger partial charge < -0.3 is 10.6 Å². The average Bonchev–Trinajstić information content (AvgIpc) is 2.40. The van der Waals surface area contributed by atoms with Gasteiger partial charge in [-0.15, -0.1) is 0 Å². The third kappa shape index (κ3) is 6.33. The maximum Gasteiger partial charge on any atom is 0.288 e. The number of alkyl halides is 2. The number of rotatable bonds is 8. The molecule has 0 aliphatic heterocycles. The molecule has 0 aromatic heterocycles. The van der Waals surface area contributed by atoms with E-state index in [0.717, 1.165) is 12.8 Å². The molecule has 2 unspecified atom stereocenters. The van der Waals surface area contributed by atoms with Gasteiger partial charge in [0.25, 0.3) is 5.76 Å². The van der Waals surface area contributed by atoms with Crippen molar-refractivity contribution in [2.75, 3.05) is 5.32 Å². The van der Waals surface area contributed by atoms with Gasteiger partial charge in [0.15, 0.2) is 0 Å². The Kier molecular flexibility index (Phi) is 7.50. The highest BCUT2D eigenvalue weighted by Gasteiger charge is 2.17. The van der Waals surface area contributed by atoms with Crippen molar-refractivity contribution in [1.82, 2.24) is 5.32 Å². The average molecular weight is 316 g/mol. The Labute approximate surface area is 128 Å². The monoisotopic (exact) mass is 316 g/mol. The molecular weight excluding hydrogens is 294 g/mol. The molecular formula is C15H22F2N2OS. The van der Waals surface area contributed by atoms with Crippen LogP contribution in [0, 0.1) is 0 Å². The standard InChI is InChI=1S/C15H22F2N2OS/c1-4-7-10(2)18-14(20)11(3)19-12-8-5-6-9-13(12)21-15(16)17/h5-6,8-11,15,19H,4,7H2,1-3H3,(H,18,20). The second-order valence-electron chi connectivity index (χ2n) is 4.94. The van der Waals surface area contributed by atoms with E-state index in [2.05, 4.69) is 17.6 Å². The molecule has 21 heavy (non-hydrogen) atoms. The van der Waals surface area contributed by atoms with Gasteiger partial charge in [0.05, 0.1) is 0 Å². The number of carbonyl (C=O) groups excluding carboxylic acids is 1. The van der Waals surface area contributed by atoms with Gasteiger partial charge in [0.2, 0.25) is 5.91 Å². The smallest absolute Gasteiger partial charge is 0.288 e. The summed E-state index contributed by atoms with van der Waals surface area (Å²) in [6.07, 6.45) is 1.91. The van der Waals surface area contributed by atoms with Crippen LogP contribution in [-0.2, 0) is 4.79 Å². The van der Waals surface area contributed by atoms with Crippen LogP contribution in [0.15, 0.2) is 29.2 Å². The quantitative estimate of drug-likeness (QED) is 0.709. The van der Waals surface area contributed by atoms with Gasteiger partial charge in [-0.1, -0.05) is 37.2 Å². The molecule has 0 fully saturated rings. The molecule has 2 atom stereocenters. The van der Waals surface area contributed by atoms with Crippen molar-refractivity contribution in [1.29, 1.82) is 0 Å². The Morgan fingerprint density at radius 3 is 2.57 bits per heavy atom. The minimum atomic E-state index is -2.48. The van der Waals surface area contributed by atoms with Crippen molar-refractivity contribution in [2.24, 2.45) is 0 Å². The summed E-state index contributed by atoms with van der Waals surface area (Å²) in [4.78, 5) is 12.5. The van der Waals surface area contributed by atoms with E-state index < -0.39 is 11.8 Å². The third-order valence-electron chi connectivity index (χ3n) is 2.98. The second kappa shape index (κ2) is 8.87. The highest BCUT2D eigenvalue weighted by Crippen LogP contribution is 2.31. The molecule has 1 rings (SSSR count). The predicted molar refractivity (Wildman–Crippen MR) is 83.9 cm³/mol. The minimum absolute atomic E-state index is 0.109. The second-order valence-corrected chi connectivity index (χ2v) is 5.97. The van der Waals surface area contributed by atoms with Crippen LogP contribution in [0.1, 0.15) is 33.6 Å². The van der Waals surface area contributed by atoms with Crippen LogP contribution < -0.4 is 10.6 Å². The number of para-hydroxylation sites is 1. The van der Waals surface area contributed by atoms with E-state index in [9.17, 15) is 13.6 Å². The lowest BCUT2D eigenvalue weighted by molar-refractivity contribution is -0.122. The summed E-state index contributed by atoms with van der Waals surface area (Å²) in [5.74, 6) is -2.62. The van der Waals surface area contributed by atoms with Crippen LogP contribution in [0.4, 0.5) is 14.5 Å². The molecule has 0 aliphatic carbocycles. The summed E-state index contributed by atoms with van der Waals surface area (Å²) in [6, 6.07) is 6.39. The van der Waals surface area contributed by atoms with Gasteiger partial charge in [-0.25, -0.2) is 0 Å². The molecule has 3 nitrogen and oxygen atoms in total. The Bertz CT molecular complexity index is 457. The van der Waals surface area contributed by atoms with Gasteiger partial charge in [-0.05, 0) is 32.4 Å². The maximum absolute atomic E-state index is 12.5. The molecule has 0 bridgehead atoms. The highest BCUT2D eigenvalue weighted by atomic mass is 32.2. The van der Waals surface area contributed by atoms with Gasteiger partial charge >= 0.3 is 0 Å². The number of anilines is 1. The van der Waals surface area contributed by atoms with Crippen LogP contribution in [-0.4, -0.2) is 23.7 Å². The zero-order chi connectivity index (χ0) is 15.8. The predicted octanol–water partition coefficient (Wildman–Crippen LogP) is 4.11. The first-order chi connectivity index (χ1) is 9.93. The molecule has 0 aliphatic rings. The molecule has 0 radical (unpaired) electrons. The molecule has 1 amide bonds. The first-order valence-corrected chi connectivity index (χ1v) is 7.92. The van der Waals surface area contributed by atoms with Crippen molar-refractivity contribution in [3.05, 3.63) is 24.3 Å². The molecule has 0 heterocycles. The topological polar surface area (TPSA) is 41.1 Å². The van der Waals surface area contributed by atoms with E-state index >= 15 is 0 Å². The lowest BCUT2D eigenvalue weighted by Crippen LogP contribution is -2.42. The summed E-state index contributed by atoms with van der Waals surface area (Å²) < 4.78 is 25.0. The zero-order valence-electron chi connectivity index (χ0n) is 12.5. The van der Waals surface area contributed by atoms with Crippen molar-refractivity contribution >= 4 is 23.4 Å². The van der Waals surface area contributed by atoms with Crippen LogP contribution in [0.2, 0.25) is 0 Å². The maximum atomic E-state index is 12.5. The Balaban J connectivity index is 2.65. The van der Waals surface area contributed by atoms with E-state index in [4.69, 9.17) is 0 Å².